The molecule has 0 aromatic heterocycles. The first kappa shape index (κ1) is 12.4. The molecule has 0 amide bonds. The molecule has 0 radical (unpaired) electrons. The van der Waals surface area contributed by atoms with E-state index in [1.807, 2.05) is 12.1 Å². The van der Waals surface area contributed by atoms with Crippen molar-refractivity contribution in [2.75, 3.05) is 0 Å². The first-order chi connectivity index (χ1) is 9.11. The Balaban J connectivity index is 2.66. The summed E-state index contributed by atoms with van der Waals surface area (Å²) in [5, 5.41) is 4.43. The smallest absolute Gasteiger partial charge is 0.151 e. The second kappa shape index (κ2) is 4.46. The quantitative estimate of drug-likeness (QED) is 0.446. The summed E-state index contributed by atoms with van der Waals surface area (Å²) in [7, 11) is 0. The van der Waals surface area contributed by atoms with E-state index >= 15 is 0 Å². The number of carbonyl (C=O) groups excluding carboxylic acids is 1. The summed E-state index contributed by atoms with van der Waals surface area (Å²) in [4.78, 5) is 11.4. The average Bonchev–Trinajstić information content (AvgIpc) is 2.40. The van der Waals surface area contributed by atoms with Gasteiger partial charge in [0.1, 0.15) is 0 Å². The van der Waals surface area contributed by atoms with Crippen LogP contribution in [0.15, 0.2) is 40.9 Å². The van der Waals surface area contributed by atoms with Crippen LogP contribution in [0.25, 0.3) is 21.5 Å². The summed E-state index contributed by atoms with van der Waals surface area (Å²) in [6.07, 6.45) is 0.932. The molecule has 3 aromatic carbocycles. The van der Waals surface area contributed by atoms with E-state index in [1.165, 1.54) is 16.5 Å². The zero-order chi connectivity index (χ0) is 13.6. The van der Waals surface area contributed by atoms with E-state index in [0.29, 0.717) is 0 Å². The van der Waals surface area contributed by atoms with Crippen LogP contribution in [0.3, 0.4) is 0 Å². The fourth-order valence-corrected chi connectivity index (χ4v) is 3.22. The SMILES string of the molecule is Cc1ccc2c(Br)c(C=O)c3ccc(C)cc3c2c1. The summed E-state index contributed by atoms with van der Waals surface area (Å²) in [6, 6.07) is 12.5. The highest BCUT2D eigenvalue weighted by Gasteiger charge is 2.12. The summed E-state index contributed by atoms with van der Waals surface area (Å²) in [6.45, 7) is 4.16. The molecule has 0 saturated heterocycles. The molecular weight excluding hydrogens is 300 g/mol. The molecule has 0 aliphatic rings. The maximum absolute atomic E-state index is 11.4. The molecule has 3 rings (SSSR count). The largest absolute Gasteiger partial charge is 0.298 e. The molecule has 0 N–H and O–H groups in total. The van der Waals surface area contributed by atoms with Crippen molar-refractivity contribution in [3.8, 4) is 0 Å². The Morgan fingerprint density at radius 2 is 1.37 bits per heavy atom. The molecule has 0 heterocycles. The van der Waals surface area contributed by atoms with Crippen molar-refractivity contribution in [1.29, 1.82) is 0 Å². The molecule has 1 nitrogen and oxygen atoms in total. The number of hydrogen-bond acceptors (Lipinski definition) is 1. The Kier molecular flexibility index (Phi) is 2.90. The summed E-state index contributed by atoms with van der Waals surface area (Å²) < 4.78 is 0.883. The van der Waals surface area contributed by atoms with Gasteiger partial charge in [-0.15, -0.1) is 0 Å². The highest BCUT2D eigenvalue weighted by Crippen LogP contribution is 2.36. The molecule has 0 saturated carbocycles. The van der Waals surface area contributed by atoms with Crippen LogP contribution in [0.1, 0.15) is 21.5 Å². The second-order valence-electron chi connectivity index (χ2n) is 4.94. The van der Waals surface area contributed by atoms with Gasteiger partial charge in [-0.2, -0.15) is 0 Å². The molecule has 19 heavy (non-hydrogen) atoms. The minimum Gasteiger partial charge on any atom is -0.298 e. The van der Waals surface area contributed by atoms with Gasteiger partial charge in [0, 0.05) is 10.0 Å². The number of rotatable bonds is 1. The van der Waals surface area contributed by atoms with E-state index in [-0.39, 0.29) is 0 Å². The van der Waals surface area contributed by atoms with Gasteiger partial charge in [0.2, 0.25) is 0 Å². The fourth-order valence-electron chi connectivity index (χ4n) is 2.57. The van der Waals surface area contributed by atoms with Crippen LogP contribution in [0.4, 0.5) is 0 Å². The minimum absolute atomic E-state index is 0.728. The number of carbonyl (C=O) groups is 1. The predicted molar refractivity (Wildman–Crippen MR) is 84.0 cm³/mol. The molecule has 0 aliphatic carbocycles. The molecule has 94 valence electrons. The molecule has 0 unspecified atom stereocenters. The van der Waals surface area contributed by atoms with Gasteiger partial charge in [-0.3, -0.25) is 4.79 Å². The topological polar surface area (TPSA) is 17.1 Å². The molecular formula is C17H13BrO. The number of halogens is 1. The Morgan fingerprint density at radius 3 is 1.95 bits per heavy atom. The van der Waals surface area contributed by atoms with Crippen molar-refractivity contribution >= 4 is 43.8 Å². The molecule has 0 bridgehead atoms. The predicted octanol–water partition coefficient (Wildman–Crippen LogP) is 5.18. The Bertz CT molecular complexity index is 818. The zero-order valence-corrected chi connectivity index (χ0v) is 12.4. The third-order valence-corrected chi connectivity index (χ3v) is 4.38. The molecule has 2 heteroatoms. The Labute approximate surface area is 120 Å². The summed E-state index contributed by atoms with van der Waals surface area (Å²) in [5.74, 6) is 0. The maximum Gasteiger partial charge on any atom is 0.151 e. The van der Waals surface area contributed by atoms with Crippen molar-refractivity contribution in [3.05, 3.63) is 57.6 Å². The first-order valence-corrected chi connectivity index (χ1v) is 6.98. The van der Waals surface area contributed by atoms with Crippen molar-refractivity contribution in [2.45, 2.75) is 13.8 Å². The third-order valence-electron chi connectivity index (χ3n) is 3.52. The van der Waals surface area contributed by atoms with Crippen molar-refractivity contribution in [3.63, 3.8) is 0 Å². The van der Waals surface area contributed by atoms with Crippen LogP contribution in [0.5, 0.6) is 0 Å². The number of aryl methyl sites for hydroxylation is 2. The molecule has 3 aromatic rings. The highest BCUT2D eigenvalue weighted by atomic mass is 79.9. The van der Waals surface area contributed by atoms with E-state index in [2.05, 4.69) is 54.0 Å². The van der Waals surface area contributed by atoms with E-state index < -0.39 is 0 Å². The van der Waals surface area contributed by atoms with Crippen LogP contribution in [0, 0.1) is 13.8 Å². The van der Waals surface area contributed by atoms with Crippen LogP contribution in [-0.2, 0) is 0 Å². The summed E-state index contributed by atoms with van der Waals surface area (Å²) >= 11 is 3.57. The van der Waals surface area contributed by atoms with Gasteiger partial charge in [0.25, 0.3) is 0 Å². The summed E-state index contributed by atoms with van der Waals surface area (Å²) in [5.41, 5.74) is 3.15. The third kappa shape index (κ3) is 1.87. The average molecular weight is 313 g/mol. The van der Waals surface area contributed by atoms with Gasteiger partial charge < -0.3 is 0 Å². The number of benzene rings is 3. The molecule has 0 spiro atoms. The normalized spacial score (nSPS) is 11.1. The fraction of sp³-hybridized carbons (Fsp3) is 0.118. The lowest BCUT2D eigenvalue weighted by Crippen LogP contribution is -1.90. The van der Waals surface area contributed by atoms with E-state index in [9.17, 15) is 4.79 Å². The number of fused-ring (bicyclic) bond motifs is 3. The van der Waals surface area contributed by atoms with Gasteiger partial charge in [-0.05, 0) is 51.3 Å². The Hall–Kier alpha value is -1.67. The molecule has 0 atom stereocenters. The van der Waals surface area contributed by atoms with Gasteiger partial charge in [0.15, 0.2) is 6.29 Å². The van der Waals surface area contributed by atoms with E-state index in [0.717, 1.165) is 32.5 Å². The van der Waals surface area contributed by atoms with E-state index in [4.69, 9.17) is 0 Å². The van der Waals surface area contributed by atoms with Crippen LogP contribution >= 0.6 is 15.9 Å². The lowest BCUT2D eigenvalue weighted by molar-refractivity contribution is 0.112. The van der Waals surface area contributed by atoms with Crippen LogP contribution in [0.2, 0.25) is 0 Å². The maximum atomic E-state index is 11.4. The van der Waals surface area contributed by atoms with Crippen molar-refractivity contribution in [2.24, 2.45) is 0 Å². The molecule has 0 fully saturated rings. The van der Waals surface area contributed by atoms with Crippen molar-refractivity contribution < 1.29 is 4.79 Å². The Morgan fingerprint density at radius 1 is 0.842 bits per heavy atom. The van der Waals surface area contributed by atoms with Crippen LogP contribution in [-0.4, -0.2) is 6.29 Å². The van der Waals surface area contributed by atoms with E-state index in [1.54, 1.807) is 0 Å². The van der Waals surface area contributed by atoms with Gasteiger partial charge >= 0.3 is 0 Å². The number of aldehydes is 1. The van der Waals surface area contributed by atoms with Gasteiger partial charge in [-0.25, -0.2) is 0 Å². The number of hydrogen-bond donors (Lipinski definition) is 0. The van der Waals surface area contributed by atoms with Crippen LogP contribution < -0.4 is 0 Å². The van der Waals surface area contributed by atoms with Gasteiger partial charge in [-0.1, -0.05) is 47.5 Å². The monoisotopic (exact) mass is 312 g/mol. The second-order valence-corrected chi connectivity index (χ2v) is 5.74. The lowest BCUT2D eigenvalue weighted by Gasteiger charge is -2.11. The van der Waals surface area contributed by atoms with Crippen molar-refractivity contribution in [1.82, 2.24) is 0 Å². The highest BCUT2D eigenvalue weighted by molar-refractivity contribution is 9.10. The zero-order valence-electron chi connectivity index (χ0n) is 10.8. The minimum atomic E-state index is 0.728. The standard InChI is InChI=1S/C17H13BrO/c1-10-3-5-12-14(7-10)15-8-11(2)4-6-13(15)17(18)16(12)9-19/h3-9H,1-2H3. The molecule has 0 aliphatic heterocycles. The van der Waals surface area contributed by atoms with Gasteiger partial charge in [0.05, 0.1) is 0 Å². The lowest BCUT2D eigenvalue weighted by atomic mass is 9.95. The first-order valence-electron chi connectivity index (χ1n) is 6.19.